The van der Waals surface area contributed by atoms with Crippen LogP contribution in [0.4, 0.5) is 4.39 Å². The molecule has 9 atom stereocenters. The number of hydrogen-bond donors (Lipinski definition) is 0. The summed E-state index contributed by atoms with van der Waals surface area (Å²) < 4.78 is 18.7. The van der Waals surface area contributed by atoms with Gasteiger partial charge in [0.05, 0.1) is 12.2 Å². The number of carbonyl (C=O) groups excluding carboxylic acids is 2. The first-order chi connectivity index (χ1) is 16.8. The summed E-state index contributed by atoms with van der Waals surface area (Å²) in [7, 11) is 0. The van der Waals surface area contributed by atoms with Crippen LogP contribution >= 0.6 is 0 Å². The number of nitriles is 1. The lowest BCUT2D eigenvalue weighted by atomic mass is 9.32. The summed E-state index contributed by atoms with van der Waals surface area (Å²) in [5.74, 6) is 0.581. The molecule has 0 radical (unpaired) electrons. The highest BCUT2D eigenvalue weighted by Gasteiger charge is 2.71. The summed E-state index contributed by atoms with van der Waals surface area (Å²) in [6, 6.07) is 2.18. The monoisotopic (exact) mass is 497 g/mol. The van der Waals surface area contributed by atoms with Crippen LogP contribution < -0.4 is 0 Å². The van der Waals surface area contributed by atoms with Gasteiger partial charge in [0.25, 0.3) is 0 Å². The van der Waals surface area contributed by atoms with E-state index in [-0.39, 0.29) is 68.0 Å². The van der Waals surface area contributed by atoms with E-state index in [0.29, 0.717) is 18.8 Å². The molecule has 198 valence electrons. The summed E-state index contributed by atoms with van der Waals surface area (Å²) in [6.45, 7) is 13.3. The smallest absolute Gasteiger partial charge is 0.188 e. The molecule has 0 heterocycles. The zero-order valence-electron chi connectivity index (χ0n) is 23.1. The lowest BCUT2D eigenvalue weighted by Gasteiger charge is -2.71. The third-order valence-electron chi connectivity index (χ3n) is 12.8. The van der Waals surface area contributed by atoms with Crippen molar-refractivity contribution in [2.24, 2.45) is 56.7 Å². The predicted octanol–water partition coefficient (Wildman–Crippen LogP) is 6.84. The molecular weight excluding hydrogens is 453 g/mol. The second-order valence-corrected chi connectivity index (χ2v) is 14.7. The number of hydrogen-bond acceptors (Lipinski definition) is 4. The molecule has 0 amide bonds. The Morgan fingerprint density at radius 1 is 1.03 bits per heavy atom. The van der Waals surface area contributed by atoms with Crippen molar-refractivity contribution in [3.63, 3.8) is 0 Å². The van der Waals surface area contributed by atoms with E-state index in [4.69, 9.17) is 4.74 Å². The Hall–Kier alpha value is -1.54. The van der Waals surface area contributed by atoms with Crippen molar-refractivity contribution in [3.8, 4) is 6.07 Å². The van der Waals surface area contributed by atoms with Crippen molar-refractivity contribution in [2.45, 2.75) is 92.9 Å². The van der Waals surface area contributed by atoms with Crippen LogP contribution in [0.1, 0.15) is 92.9 Å². The summed E-state index contributed by atoms with van der Waals surface area (Å²) in [5, 5.41) is 9.77. The first kappa shape index (κ1) is 26.1. The second kappa shape index (κ2) is 8.23. The average Bonchev–Trinajstić information content (AvgIpc) is 2.82. The van der Waals surface area contributed by atoms with E-state index in [0.717, 1.165) is 44.9 Å². The molecule has 4 nitrogen and oxygen atoms in total. The normalized spacial score (nSPS) is 49.6. The van der Waals surface area contributed by atoms with Gasteiger partial charge in [0.2, 0.25) is 0 Å². The van der Waals surface area contributed by atoms with Crippen molar-refractivity contribution >= 4 is 11.6 Å². The van der Waals surface area contributed by atoms with Crippen molar-refractivity contribution < 1.29 is 18.7 Å². The molecule has 0 aromatic heterocycles. The standard InChI is InChI=1S/C31H44FNO3/c1-19-21-7-8-29(5)24(28(21,4)14-20(16-33)26(19)35)13-23(34)25-22-15-27(2,3)9-11-31(22,17-36-18-32)12-10-30(25,29)6/h14,19,21-22,24-25H,7-13,15,17-18H2,1-6H3/t19-,21-,22?,24+,25?,28-,29+,30+,31+/m0/s1. The summed E-state index contributed by atoms with van der Waals surface area (Å²) in [4.78, 5) is 27.3. The van der Waals surface area contributed by atoms with Crippen molar-refractivity contribution in [1.82, 2.24) is 0 Å². The minimum atomic E-state index is -0.766. The molecule has 2 unspecified atom stereocenters. The maximum atomic E-state index is 14.4. The van der Waals surface area contributed by atoms with Gasteiger partial charge in [-0.05, 0) is 89.8 Å². The molecule has 36 heavy (non-hydrogen) atoms. The molecule has 4 saturated carbocycles. The summed E-state index contributed by atoms with van der Waals surface area (Å²) >= 11 is 0. The maximum Gasteiger partial charge on any atom is 0.188 e. The average molecular weight is 498 g/mol. The van der Waals surface area contributed by atoms with Crippen LogP contribution in [0.25, 0.3) is 0 Å². The van der Waals surface area contributed by atoms with Crippen LogP contribution in [0.3, 0.4) is 0 Å². The van der Waals surface area contributed by atoms with Crippen LogP contribution in [0.2, 0.25) is 0 Å². The summed E-state index contributed by atoms with van der Waals surface area (Å²) in [6.07, 6.45) is 9.44. The Kier molecular flexibility index (Phi) is 5.96. The minimum absolute atomic E-state index is 0.0328. The SMILES string of the molecule is C[C@@H]1C(=O)C(C#N)=C[C@]2(C)[C@H]3CC(=O)C4C5CC(C)(C)CC[C@]5(COCF)CC[C@@]4(C)[C@]3(C)CC[C@@H]12. The maximum absolute atomic E-state index is 14.4. The van der Waals surface area contributed by atoms with Gasteiger partial charge in [0.1, 0.15) is 11.9 Å². The highest BCUT2D eigenvalue weighted by Crippen LogP contribution is 2.75. The number of Topliss-reactive ketones (excluding diaryl/α,β-unsaturated/α-hetero) is 2. The second-order valence-electron chi connectivity index (χ2n) is 14.7. The van der Waals surface area contributed by atoms with Gasteiger partial charge in [-0.1, -0.05) is 47.6 Å². The number of halogens is 1. The molecular formula is C31H44FNO3. The Bertz CT molecular complexity index is 1040. The van der Waals surface area contributed by atoms with Crippen LogP contribution in [0.5, 0.6) is 0 Å². The van der Waals surface area contributed by atoms with Gasteiger partial charge in [-0.3, -0.25) is 9.59 Å². The first-order valence-corrected chi connectivity index (χ1v) is 14.1. The first-order valence-electron chi connectivity index (χ1n) is 14.1. The zero-order valence-corrected chi connectivity index (χ0v) is 23.1. The van der Waals surface area contributed by atoms with E-state index < -0.39 is 6.86 Å². The fourth-order valence-electron chi connectivity index (χ4n) is 10.5. The van der Waals surface area contributed by atoms with Gasteiger partial charge >= 0.3 is 0 Å². The molecule has 0 spiro atoms. The largest absolute Gasteiger partial charge is 0.350 e. The molecule has 0 saturated heterocycles. The Balaban J connectivity index is 1.60. The van der Waals surface area contributed by atoms with E-state index >= 15 is 0 Å². The van der Waals surface area contributed by atoms with E-state index in [1.807, 2.05) is 13.0 Å². The molecule has 5 aliphatic carbocycles. The van der Waals surface area contributed by atoms with Crippen molar-refractivity contribution in [1.29, 1.82) is 5.26 Å². The molecule has 5 aliphatic rings. The number of rotatable bonds is 3. The predicted molar refractivity (Wildman–Crippen MR) is 136 cm³/mol. The zero-order chi connectivity index (χ0) is 26.3. The third-order valence-corrected chi connectivity index (χ3v) is 12.8. The van der Waals surface area contributed by atoms with Gasteiger partial charge < -0.3 is 4.74 Å². The van der Waals surface area contributed by atoms with E-state index in [9.17, 15) is 19.2 Å². The number of allylic oxidation sites excluding steroid dienone is 2. The van der Waals surface area contributed by atoms with E-state index in [2.05, 4.69) is 40.7 Å². The molecule has 0 aliphatic heterocycles. The third kappa shape index (κ3) is 3.31. The Morgan fingerprint density at radius 3 is 2.39 bits per heavy atom. The minimum Gasteiger partial charge on any atom is -0.350 e. The van der Waals surface area contributed by atoms with Gasteiger partial charge in [-0.2, -0.15) is 5.26 Å². The quantitative estimate of drug-likeness (QED) is 0.428. The number of ketones is 2. The number of carbonyl (C=O) groups is 2. The van der Waals surface area contributed by atoms with Gasteiger partial charge in [-0.15, -0.1) is 0 Å². The van der Waals surface area contributed by atoms with Crippen LogP contribution in [0.15, 0.2) is 11.6 Å². The topological polar surface area (TPSA) is 67.2 Å². The molecule has 0 aromatic carbocycles. The Labute approximate surface area is 216 Å². The van der Waals surface area contributed by atoms with E-state index in [1.54, 1.807) is 0 Å². The van der Waals surface area contributed by atoms with Crippen molar-refractivity contribution in [2.75, 3.05) is 13.5 Å². The van der Waals surface area contributed by atoms with Gasteiger partial charge in [0.15, 0.2) is 12.6 Å². The number of alkyl halides is 1. The van der Waals surface area contributed by atoms with Crippen molar-refractivity contribution in [3.05, 3.63) is 11.6 Å². The molecule has 0 aromatic rings. The highest BCUT2D eigenvalue weighted by atomic mass is 19.1. The number of fused-ring (bicyclic) bond motifs is 7. The molecule has 4 fully saturated rings. The van der Waals surface area contributed by atoms with Crippen LogP contribution in [-0.4, -0.2) is 25.0 Å². The molecule has 0 N–H and O–H groups in total. The number of nitrogens with zero attached hydrogens (tertiary/aromatic N) is 1. The fraction of sp³-hybridized carbons (Fsp3) is 0.839. The van der Waals surface area contributed by atoms with Crippen LogP contribution in [-0.2, 0) is 14.3 Å². The van der Waals surface area contributed by atoms with E-state index in [1.165, 1.54) is 0 Å². The Morgan fingerprint density at radius 2 is 1.72 bits per heavy atom. The number of ether oxygens (including phenoxy) is 1. The lowest BCUT2D eigenvalue weighted by Crippen LogP contribution is -2.68. The summed E-state index contributed by atoms with van der Waals surface area (Å²) in [5.41, 5.74) is -0.247. The lowest BCUT2D eigenvalue weighted by molar-refractivity contribution is -0.226. The molecule has 5 rings (SSSR count). The van der Waals surface area contributed by atoms with Gasteiger partial charge in [0, 0.05) is 18.3 Å². The van der Waals surface area contributed by atoms with Gasteiger partial charge in [-0.25, -0.2) is 4.39 Å². The molecule has 0 bridgehead atoms. The molecule has 5 heteroatoms. The fourth-order valence-corrected chi connectivity index (χ4v) is 10.5. The van der Waals surface area contributed by atoms with Crippen LogP contribution in [0, 0.1) is 68.0 Å². The highest BCUT2D eigenvalue weighted by molar-refractivity contribution is 6.01.